The van der Waals surface area contributed by atoms with Gasteiger partial charge in [0, 0.05) is 25.2 Å². The Morgan fingerprint density at radius 2 is 2.21 bits per heavy atom. The first-order chi connectivity index (χ1) is 9.15. The van der Waals surface area contributed by atoms with Crippen molar-refractivity contribution in [2.45, 2.75) is 25.4 Å². The number of nitrogens with zero attached hydrogens (tertiary/aromatic N) is 1. The summed E-state index contributed by atoms with van der Waals surface area (Å²) in [6.45, 7) is 0.394. The van der Waals surface area contributed by atoms with Gasteiger partial charge in [-0.15, -0.1) is 0 Å². The zero-order valence-electron chi connectivity index (χ0n) is 11.4. The lowest BCUT2D eigenvalue weighted by molar-refractivity contribution is -0.132. The number of hydrogen-bond donors (Lipinski definition) is 1. The number of ether oxygens (including phenoxy) is 2. The predicted octanol–water partition coefficient (Wildman–Crippen LogP) is 1.15. The van der Waals surface area contributed by atoms with E-state index in [-0.39, 0.29) is 12.5 Å². The minimum Gasteiger partial charge on any atom is -0.497 e. The van der Waals surface area contributed by atoms with Crippen molar-refractivity contribution in [1.82, 2.24) is 4.90 Å². The van der Waals surface area contributed by atoms with Crippen LogP contribution in [-0.4, -0.2) is 37.6 Å². The second kappa shape index (κ2) is 5.93. The van der Waals surface area contributed by atoms with Crippen LogP contribution in [0.15, 0.2) is 18.2 Å². The topological polar surface area (TPSA) is 64.8 Å². The molecule has 0 bridgehead atoms. The van der Waals surface area contributed by atoms with Crippen LogP contribution in [0.1, 0.15) is 18.4 Å². The summed E-state index contributed by atoms with van der Waals surface area (Å²) >= 11 is 0. The molecular weight excluding hydrogens is 244 g/mol. The standard InChI is InChI=1S/C14H20N2O3/c1-16(11-3-4-11)14(17)9-19-13-6-5-12(18-2)7-10(13)8-15/h5-7,11H,3-4,8-9,15H2,1-2H3. The van der Waals surface area contributed by atoms with Crippen molar-refractivity contribution < 1.29 is 14.3 Å². The molecule has 1 aliphatic rings. The zero-order valence-corrected chi connectivity index (χ0v) is 11.4. The SMILES string of the molecule is COc1ccc(OCC(=O)N(C)C2CC2)c(CN)c1. The smallest absolute Gasteiger partial charge is 0.260 e. The molecule has 1 aromatic carbocycles. The Bertz CT molecular complexity index is 458. The molecule has 1 saturated carbocycles. The molecule has 5 nitrogen and oxygen atoms in total. The van der Waals surface area contributed by atoms with Gasteiger partial charge in [-0.25, -0.2) is 0 Å². The van der Waals surface area contributed by atoms with Gasteiger partial charge in [0.1, 0.15) is 11.5 Å². The summed E-state index contributed by atoms with van der Waals surface area (Å²) < 4.78 is 10.7. The van der Waals surface area contributed by atoms with Crippen LogP contribution in [0, 0.1) is 0 Å². The first-order valence-electron chi connectivity index (χ1n) is 6.41. The highest BCUT2D eigenvalue weighted by molar-refractivity contribution is 5.78. The van der Waals surface area contributed by atoms with E-state index < -0.39 is 0 Å². The summed E-state index contributed by atoms with van der Waals surface area (Å²) in [5.74, 6) is 1.37. The fourth-order valence-corrected chi connectivity index (χ4v) is 1.89. The molecule has 19 heavy (non-hydrogen) atoms. The number of benzene rings is 1. The highest BCUT2D eigenvalue weighted by Gasteiger charge is 2.29. The minimum absolute atomic E-state index is 0.00119. The van der Waals surface area contributed by atoms with E-state index in [1.54, 1.807) is 24.1 Å². The third-order valence-electron chi connectivity index (χ3n) is 3.33. The Hall–Kier alpha value is -1.75. The minimum atomic E-state index is 0.00119. The van der Waals surface area contributed by atoms with E-state index in [0.717, 1.165) is 24.2 Å². The van der Waals surface area contributed by atoms with Crippen LogP contribution in [0.5, 0.6) is 11.5 Å². The quantitative estimate of drug-likeness (QED) is 0.837. The molecule has 2 rings (SSSR count). The molecule has 0 aliphatic heterocycles. The van der Waals surface area contributed by atoms with Crippen LogP contribution in [-0.2, 0) is 11.3 Å². The third-order valence-corrected chi connectivity index (χ3v) is 3.33. The highest BCUT2D eigenvalue weighted by atomic mass is 16.5. The number of likely N-dealkylation sites (N-methyl/N-ethyl adjacent to an activating group) is 1. The Morgan fingerprint density at radius 1 is 1.47 bits per heavy atom. The normalized spacial score (nSPS) is 14.1. The summed E-state index contributed by atoms with van der Waals surface area (Å²) in [6, 6.07) is 5.81. The van der Waals surface area contributed by atoms with Crippen molar-refractivity contribution in [3.63, 3.8) is 0 Å². The molecule has 5 heteroatoms. The number of methoxy groups -OCH3 is 1. The molecule has 104 valence electrons. The summed E-state index contributed by atoms with van der Waals surface area (Å²) in [5, 5.41) is 0. The molecule has 1 amide bonds. The molecule has 0 spiro atoms. The van der Waals surface area contributed by atoms with Gasteiger partial charge in [0.15, 0.2) is 6.61 Å². The number of amides is 1. The molecule has 0 aromatic heterocycles. The van der Waals surface area contributed by atoms with Gasteiger partial charge < -0.3 is 20.1 Å². The van der Waals surface area contributed by atoms with Crippen molar-refractivity contribution in [3.8, 4) is 11.5 Å². The molecule has 1 aliphatic carbocycles. The maximum absolute atomic E-state index is 11.9. The van der Waals surface area contributed by atoms with Gasteiger partial charge in [0.2, 0.25) is 0 Å². The Balaban J connectivity index is 1.96. The molecule has 1 fully saturated rings. The average molecular weight is 264 g/mol. The van der Waals surface area contributed by atoms with Crippen molar-refractivity contribution in [2.24, 2.45) is 5.73 Å². The number of carbonyl (C=O) groups is 1. The van der Waals surface area contributed by atoms with Gasteiger partial charge in [0.05, 0.1) is 7.11 Å². The lowest BCUT2D eigenvalue weighted by Crippen LogP contribution is -2.33. The molecule has 0 unspecified atom stereocenters. The Kier molecular flexibility index (Phi) is 4.27. The average Bonchev–Trinajstić information content (AvgIpc) is 3.28. The largest absolute Gasteiger partial charge is 0.497 e. The molecule has 0 atom stereocenters. The first kappa shape index (κ1) is 13.7. The number of nitrogens with two attached hydrogens (primary N) is 1. The zero-order chi connectivity index (χ0) is 13.8. The monoisotopic (exact) mass is 264 g/mol. The molecule has 0 heterocycles. The number of hydrogen-bond acceptors (Lipinski definition) is 4. The fraction of sp³-hybridized carbons (Fsp3) is 0.500. The summed E-state index contributed by atoms with van der Waals surface area (Å²) in [4.78, 5) is 13.6. The van der Waals surface area contributed by atoms with Gasteiger partial charge in [0.25, 0.3) is 5.91 Å². The first-order valence-corrected chi connectivity index (χ1v) is 6.41. The predicted molar refractivity (Wildman–Crippen MR) is 72.2 cm³/mol. The van der Waals surface area contributed by atoms with Crippen LogP contribution in [0.25, 0.3) is 0 Å². The van der Waals surface area contributed by atoms with E-state index >= 15 is 0 Å². The van der Waals surface area contributed by atoms with Crippen LogP contribution in [0.4, 0.5) is 0 Å². The second-order valence-corrected chi connectivity index (χ2v) is 4.70. The van der Waals surface area contributed by atoms with Gasteiger partial charge in [-0.2, -0.15) is 0 Å². The molecular formula is C14H20N2O3. The van der Waals surface area contributed by atoms with Gasteiger partial charge in [-0.05, 0) is 31.0 Å². The van der Waals surface area contributed by atoms with Crippen molar-refractivity contribution in [1.29, 1.82) is 0 Å². The summed E-state index contributed by atoms with van der Waals surface area (Å²) in [6.07, 6.45) is 2.19. The molecule has 1 aromatic rings. The van der Waals surface area contributed by atoms with Crippen molar-refractivity contribution >= 4 is 5.91 Å². The summed E-state index contributed by atoms with van der Waals surface area (Å²) in [7, 11) is 3.42. The van der Waals surface area contributed by atoms with Gasteiger partial charge in [-0.1, -0.05) is 0 Å². The third kappa shape index (κ3) is 3.38. The second-order valence-electron chi connectivity index (χ2n) is 4.70. The highest BCUT2D eigenvalue weighted by Crippen LogP contribution is 2.26. The lowest BCUT2D eigenvalue weighted by Gasteiger charge is -2.17. The van der Waals surface area contributed by atoms with E-state index in [1.165, 1.54) is 0 Å². The number of rotatable bonds is 6. The van der Waals surface area contributed by atoms with Crippen LogP contribution in [0.2, 0.25) is 0 Å². The van der Waals surface area contributed by atoms with Crippen molar-refractivity contribution in [3.05, 3.63) is 23.8 Å². The molecule has 2 N–H and O–H groups in total. The van der Waals surface area contributed by atoms with Crippen LogP contribution >= 0.6 is 0 Å². The van der Waals surface area contributed by atoms with E-state index in [4.69, 9.17) is 15.2 Å². The van der Waals surface area contributed by atoms with Crippen molar-refractivity contribution in [2.75, 3.05) is 20.8 Å². The molecule has 0 saturated heterocycles. The number of carbonyl (C=O) groups excluding carboxylic acids is 1. The van der Waals surface area contributed by atoms with E-state index in [0.29, 0.717) is 18.3 Å². The van der Waals surface area contributed by atoms with E-state index in [9.17, 15) is 4.79 Å². The van der Waals surface area contributed by atoms with Gasteiger partial charge in [-0.3, -0.25) is 4.79 Å². The van der Waals surface area contributed by atoms with Gasteiger partial charge >= 0.3 is 0 Å². The maximum Gasteiger partial charge on any atom is 0.260 e. The van der Waals surface area contributed by atoms with E-state index in [1.807, 2.05) is 13.1 Å². The Morgan fingerprint density at radius 3 is 2.79 bits per heavy atom. The summed E-state index contributed by atoms with van der Waals surface area (Å²) in [5.41, 5.74) is 6.50. The Labute approximate surface area is 113 Å². The maximum atomic E-state index is 11.9. The molecule has 0 radical (unpaired) electrons. The lowest BCUT2D eigenvalue weighted by atomic mass is 10.2. The van der Waals surface area contributed by atoms with Crippen LogP contribution < -0.4 is 15.2 Å². The van der Waals surface area contributed by atoms with E-state index in [2.05, 4.69) is 0 Å². The fourth-order valence-electron chi connectivity index (χ4n) is 1.89. The van der Waals surface area contributed by atoms with Crippen LogP contribution in [0.3, 0.4) is 0 Å².